The summed E-state index contributed by atoms with van der Waals surface area (Å²) in [5, 5.41) is 2.84. The average Bonchev–Trinajstić information content (AvgIpc) is 2.43. The molecular weight excluding hydrogens is 359 g/mol. The molecule has 0 spiro atoms. The number of hydrogen-bond donors (Lipinski definition) is 2. The highest BCUT2D eigenvalue weighted by Gasteiger charge is 2.26. The van der Waals surface area contributed by atoms with Gasteiger partial charge in [0.2, 0.25) is 10.0 Å². The lowest BCUT2D eigenvalue weighted by molar-refractivity contribution is 0.411. The summed E-state index contributed by atoms with van der Waals surface area (Å²) in [6.07, 6.45) is 4.80. The Morgan fingerprint density at radius 3 is 2.57 bits per heavy atom. The lowest BCUT2D eigenvalue weighted by atomic mass is 9.96. The molecule has 0 aliphatic heterocycles. The molecule has 1 aliphatic carbocycles. The van der Waals surface area contributed by atoms with Crippen LogP contribution in [0.25, 0.3) is 0 Å². The van der Waals surface area contributed by atoms with Crippen molar-refractivity contribution in [2.24, 2.45) is 0 Å². The highest BCUT2D eigenvalue weighted by molar-refractivity contribution is 9.10. The lowest BCUT2D eigenvalue weighted by Gasteiger charge is -2.23. The van der Waals surface area contributed by atoms with Gasteiger partial charge in [-0.15, -0.1) is 0 Å². The number of benzene rings is 1. The van der Waals surface area contributed by atoms with Crippen molar-refractivity contribution in [2.75, 3.05) is 7.05 Å². The summed E-state index contributed by atoms with van der Waals surface area (Å²) < 4.78 is 42.5. The van der Waals surface area contributed by atoms with Crippen LogP contribution in [-0.2, 0) is 16.6 Å². The zero-order valence-corrected chi connectivity index (χ0v) is 14.4. The minimum atomic E-state index is -3.84. The van der Waals surface area contributed by atoms with Crippen LogP contribution in [0.4, 0.5) is 4.39 Å². The molecular formula is C14H20BrFN2O2S. The van der Waals surface area contributed by atoms with Crippen molar-refractivity contribution < 1.29 is 12.8 Å². The van der Waals surface area contributed by atoms with Crippen molar-refractivity contribution >= 4 is 26.0 Å². The fourth-order valence-corrected chi connectivity index (χ4v) is 4.74. The van der Waals surface area contributed by atoms with Crippen LogP contribution in [0.15, 0.2) is 21.5 Å². The van der Waals surface area contributed by atoms with Gasteiger partial charge in [-0.2, -0.15) is 0 Å². The number of hydrogen-bond acceptors (Lipinski definition) is 3. The second-order valence-electron chi connectivity index (χ2n) is 5.36. The topological polar surface area (TPSA) is 58.2 Å². The van der Waals surface area contributed by atoms with Crippen LogP contribution in [0.1, 0.15) is 37.7 Å². The zero-order valence-electron chi connectivity index (χ0n) is 12.0. The van der Waals surface area contributed by atoms with Crippen molar-refractivity contribution in [3.63, 3.8) is 0 Å². The van der Waals surface area contributed by atoms with Gasteiger partial charge < -0.3 is 5.32 Å². The summed E-state index contributed by atoms with van der Waals surface area (Å²) in [6.45, 7) is 0.275. The molecule has 0 bridgehead atoms. The monoisotopic (exact) mass is 378 g/mol. The Labute approximate surface area is 133 Å². The van der Waals surface area contributed by atoms with Crippen molar-refractivity contribution in [1.82, 2.24) is 10.0 Å². The first-order chi connectivity index (χ1) is 9.94. The predicted molar refractivity (Wildman–Crippen MR) is 84.1 cm³/mol. The van der Waals surface area contributed by atoms with Gasteiger partial charge in [0.15, 0.2) is 0 Å². The average molecular weight is 379 g/mol. The standard InChI is InChI=1S/C14H20BrFN2O2S/c1-17-9-10-7-11(15)8-13(14(10)16)21(19,20)18-12-5-3-2-4-6-12/h7-8,12,17-18H,2-6,9H2,1H3. The number of rotatable bonds is 5. The van der Waals surface area contributed by atoms with Gasteiger partial charge in [0, 0.05) is 22.6 Å². The SMILES string of the molecule is CNCc1cc(Br)cc(S(=O)(=O)NC2CCCCC2)c1F. The molecule has 1 aliphatic rings. The highest BCUT2D eigenvalue weighted by atomic mass is 79.9. The van der Waals surface area contributed by atoms with E-state index in [1.807, 2.05) is 0 Å². The van der Waals surface area contributed by atoms with Crippen molar-refractivity contribution in [3.8, 4) is 0 Å². The molecule has 0 radical (unpaired) electrons. The van der Waals surface area contributed by atoms with E-state index in [0.29, 0.717) is 10.0 Å². The van der Waals surface area contributed by atoms with Gasteiger partial charge in [0.25, 0.3) is 0 Å². The van der Waals surface area contributed by atoms with Crippen LogP contribution in [0.2, 0.25) is 0 Å². The number of halogens is 2. The predicted octanol–water partition coefficient (Wildman–Crippen LogP) is 2.92. The highest BCUT2D eigenvalue weighted by Crippen LogP contribution is 2.26. The Morgan fingerprint density at radius 2 is 1.95 bits per heavy atom. The van der Waals surface area contributed by atoms with E-state index in [4.69, 9.17) is 0 Å². The van der Waals surface area contributed by atoms with E-state index in [0.717, 1.165) is 32.1 Å². The summed E-state index contributed by atoms with van der Waals surface area (Å²) >= 11 is 3.25. The van der Waals surface area contributed by atoms with Crippen LogP contribution in [-0.4, -0.2) is 21.5 Å². The molecule has 2 rings (SSSR count). The van der Waals surface area contributed by atoms with E-state index in [9.17, 15) is 12.8 Å². The van der Waals surface area contributed by atoms with E-state index in [-0.39, 0.29) is 17.5 Å². The molecule has 0 unspecified atom stereocenters. The van der Waals surface area contributed by atoms with Crippen LogP contribution < -0.4 is 10.0 Å². The Kier molecular flexibility index (Phi) is 5.76. The fraction of sp³-hybridized carbons (Fsp3) is 0.571. The molecule has 0 aromatic heterocycles. The van der Waals surface area contributed by atoms with E-state index in [1.54, 1.807) is 13.1 Å². The lowest BCUT2D eigenvalue weighted by Crippen LogP contribution is -2.36. The Morgan fingerprint density at radius 1 is 1.29 bits per heavy atom. The maximum atomic E-state index is 14.4. The summed E-state index contributed by atoms with van der Waals surface area (Å²) in [6, 6.07) is 2.82. The molecule has 118 valence electrons. The summed E-state index contributed by atoms with van der Waals surface area (Å²) in [5.74, 6) is -0.684. The third-order valence-electron chi connectivity index (χ3n) is 3.66. The largest absolute Gasteiger partial charge is 0.316 e. The maximum absolute atomic E-state index is 14.4. The van der Waals surface area contributed by atoms with Crippen molar-refractivity contribution in [2.45, 2.75) is 49.6 Å². The van der Waals surface area contributed by atoms with Gasteiger partial charge >= 0.3 is 0 Å². The molecule has 0 heterocycles. The number of sulfonamides is 1. The van der Waals surface area contributed by atoms with Crippen LogP contribution in [0.3, 0.4) is 0 Å². The molecule has 1 aromatic rings. The van der Waals surface area contributed by atoms with Crippen molar-refractivity contribution in [3.05, 3.63) is 28.0 Å². The molecule has 1 aromatic carbocycles. The molecule has 0 amide bonds. The maximum Gasteiger partial charge on any atom is 0.243 e. The number of nitrogens with one attached hydrogen (secondary N) is 2. The summed E-state index contributed by atoms with van der Waals surface area (Å²) in [5.41, 5.74) is 0.330. The summed E-state index contributed by atoms with van der Waals surface area (Å²) in [7, 11) is -2.15. The van der Waals surface area contributed by atoms with Gasteiger partial charge in [-0.1, -0.05) is 35.2 Å². The molecule has 0 saturated heterocycles. The van der Waals surface area contributed by atoms with Gasteiger partial charge in [-0.25, -0.2) is 17.5 Å². The molecule has 7 heteroatoms. The quantitative estimate of drug-likeness (QED) is 0.827. The van der Waals surface area contributed by atoms with E-state index >= 15 is 0 Å². The minimum Gasteiger partial charge on any atom is -0.316 e. The first-order valence-corrected chi connectivity index (χ1v) is 9.36. The second-order valence-corrected chi connectivity index (χ2v) is 7.96. The Hall–Kier alpha value is -0.500. The third-order valence-corrected chi connectivity index (χ3v) is 5.64. The van der Waals surface area contributed by atoms with Gasteiger partial charge in [-0.3, -0.25) is 0 Å². The van der Waals surface area contributed by atoms with E-state index < -0.39 is 15.8 Å². The smallest absolute Gasteiger partial charge is 0.243 e. The summed E-state index contributed by atoms with van der Waals surface area (Å²) in [4.78, 5) is -0.285. The molecule has 1 fully saturated rings. The van der Waals surface area contributed by atoms with Crippen molar-refractivity contribution in [1.29, 1.82) is 0 Å². The van der Waals surface area contributed by atoms with Gasteiger partial charge in [0.05, 0.1) is 0 Å². The van der Waals surface area contributed by atoms with Crippen LogP contribution >= 0.6 is 15.9 Å². The Balaban J connectivity index is 2.30. The van der Waals surface area contributed by atoms with E-state index in [1.165, 1.54) is 6.07 Å². The third kappa shape index (κ3) is 4.25. The Bertz CT molecular complexity index is 601. The second kappa shape index (κ2) is 7.17. The van der Waals surface area contributed by atoms with Crippen LogP contribution in [0.5, 0.6) is 0 Å². The normalized spacial score (nSPS) is 17.1. The molecule has 4 nitrogen and oxygen atoms in total. The van der Waals surface area contributed by atoms with E-state index in [2.05, 4.69) is 26.0 Å². The fourth-order valence-electron chi connectivity index (χ4n) is 2.64. The molecule has 21 heavy (non-hydrogen) atoms. The van der Waals surface area contributed by atoms with Gasteiger partial charge in [-0.05, 0) is 32.0 Å². The minimum absolute atomic E-state index is 0.0881. The first-order valence-electron chi connectivity index (χ1n) is 7.09. The first kappa shape index (κ1) is 16.9. The molecule has 2 N–H and O–H groups in total. The van der Waals surface area contributed by atoms with Gasteiger partial charge in [0.1, 0.15) is 10.7 Å². The molecule has 0 atom stereocenters. The molecule has 1 saturated carbocycles. The van der Waals surface area contributed by atoms with Crippen LogP contribution in [0, 0.1) is 5.82 Å². The zero-order chi connectivity index (χ0) is 15.5.